The van der Waals surface area contributed by atoms with Crippen LogP contribution in [0.5, 0.6) is 0 Å². The van der Waals surface area contributed by atoms with Gasteiger partial charge in [0.15, 0.2) is 0 Å². The van der Waals surface area contributed by atoms with E-state index in [-0.39, 0.29) is 11.3 Å². The van der Waals surface area contributed by atoms with Crippen molar-refractivity contribution >= 4 is 11.6 Å². The molecule has 0 N–H and O–H groups in total. The number of ketones is 2. The minimum absolute atomic E-state index is 0.231. The van der Waals surface area contributed by atoms with Gasteiger partial charge in [0.05, 0.1) is 0 Å². The van der Waals surface area contributed by atoms with Gasteiger partial charge in [-0.1, -0.05) is 53.9 Å². The van der Waals surface area contributed by atoms with Crippen LogP contribution in [0.2, 0.25) is 0 Å². The standard InChI is InChI=1S/C27H44O2/c1-17(2)7-6-8-18(3)21-9-10-22-25-23(12-14-27(21,22)5)26(4)13-11-20(28)15-19(26)16-24(25)29/h17-19,21-23,25H,6-16H2,1-5H3/t18-,19?,21-,22?,23?,25?,26+,27-/m1/s1. The molecule has 2 nitrogen and oxygen atoms in total. The number of rotatable bonds is 5. The highest BCUT2D eigenvalue weighted by atomic mass is 16.1. The van der Waals surface area contributed by atoms with E-state index in [0.717, 1.165) is 30.6 Å². The predicted octanol–water partition coefficient (Wildman–Crippen LogP) is 6.86. The molecule has 0 amide bonds. The fraction of sp³-hybridized carbons (Fsp3) is 0.926. The van der Waals surface area contributed by atoms with Gasteiger partial charge in [0, 0.05) is 25.2 Å². The fourth-order valence-corrected chi connectivity index (χ4v) is 8.75. The summed E-state index contributed by atoms with van der Waals surface area (Å²) in [4.78, 5) is 25.5. The monoisotopic (exact) mass is 400 g/mol. The van der Waals surface area contributed by atoms with E-state index in [0.29, 0.717) is 47.6 Å². The van der Waals surface area contributed by atoms with Crippen molar-refractivity contribution in [1.82, 2.24) is 0 Å². The van der Waals surface area contributed by atoms with Crippen molar-refractivity contribution in [2.24, 2.45) is 52.3 Å². The third-order valence-electron chi connectivity index (χ3n) is 10.5. The van der Waals surface area contributed by atoms with Crippen LogP contribution in [-0.4, -0.2) is 11.6 Å². The molecule has 4 fully saturated rings. The lowest BCUT2D eigenvalue weighted by Crippen LogP contribution is -2.57. The Labute approximate surface area is 179 Å². The van der Waals surface area contributed by atoms with Crippen LogP contribution < -0.4 is 0 Å². The molecule has 4 rings (SSSR count). The lowest BCUT2D eigenvalue weighted by Gasteiger charge is -2.59. The number of fused-ring (bicyclic) bond motifs is 5. The molecule has 4 unspecified atom stereocenters. The Bertz CT molecular complexity index is 651. The molecule has 0 saturated heterocycles. The average molecular weight is 401 g/mol. The van der Waals surface area contributed by atoms with E-state index in [9.17, 15) is 9.59 Å². The van der Waals surface area contributed by atoms with Crippen molar-refractivity contribution in [1.29, 1.82) is 0 Å². The summed E-state index contributed by atoms with van der Waals surface area (Å²) >= 11 is 0. The molecule has 4 aliphatic rings. The van der Waals surface area contributed by atoms with Crippen LogP contribution in [0.3, 0.4) is 0 Å². The fourth-order valence-electron chi connectivity index (χ4n) is 8.75. The van der Waals surface area contributed by atoms with E-state index in [2.05, 4.69) is 34.6 Å². The molecule has 8 atom stereocenters. The summed E-state index contributed by atoms with van der Waals surface area (Å²) in [5, 5.41) is 0. The van der Waals surface area contributed by atoms with Gasteiger partial charge in [-0.15, -0.1) is 0 Å². The third-order valence-corrected chi connectivity index (χ3v) is 10.5. The zero-order chi connectivity index (χ0) is 21.0. The van der Waals surface area contributed by atoms with Crippen LogP contribution in [0.15, 0.2) is 0 Å². The molecule has 0 aromatic heterocycles. The second-order valence-electron chi connectivity index (χ2n) is 12.4. The minimum Gasteiger partial charge on any atom is -0.300 e. The zero-order valence-electron chi connectivity index (χ0n) is 19.6. The molecule has 29 heavy (non-hydrogen) atoms. The molecule has 4 aliphatic carbocycles. The average Bonchev–Trinajstić information content (AvgIpc) is 3.00. The Balaban J connectivity index is 1.52. The molecule has 0 aliphatic heterocycles. The normalized spacial score (nSPS) is 45.7. The van der Waals surface area contributed by atoms with Crippen molar-refractivity contribution in [3.63, 3.8) is 0 Å². The van der Waals surface area contributed by atoms with Crippen molar-refractivity contribution in [2.75, 3.05) is 0 Å². The van der Waals surface area contributed by atoms with Gasteiger partial charge in [-0.3, -0.25) is 9.59 Å². The number of carbonyl (C=O) groups excluding carboxylic acids is 2. The maximum atomic E-state index is 13.4. The van der Waals surface area contributed by atoms with Crippen LogP contribution in [0.4, 0.5) is 0 Å². The number of Topliss-reactive ketones (excluding diaryl/α,β-unsaturated/α-hetero) is 2. The van der Waals surface area contributed by atoms with E-state index in [1.807, 2.05) is 0 Å². The second kappa shape index (κ2) is 7.79. The summed E-state index contributed by atoms with van der Waals surface area (Å²) in [6.07, 6.45) is 12.3. The zero-order valence-corrected chi connectivity index (χ0v) is 19.6. The Morgan fingerprint density at radius 2 is 1.62 bits per heavy atom. The molecule has 0 heterocycles. The summed E-state index contributed by atoms with van der Waals surface area (Å²) in [5.41, 5.74) is 0.594. The van der Waals surface area contributed by atoms with Gasteiger partial charge >= 0.3 is 0 Å². The van der Waals surface area contributed by atoms with E-state index in [1.165, 1.54) is 44.9 Å². The highest BCUT2D eigenvalue weighted by Gasteiger charge is 2.62. The first-order valence-corrected chi connectivity index (χ1v) is 12.7. The first kappa shape index (κ1) is 21.6. The van der Waals surface area contributed by atoms with Gasteiger partial charge in [-0.2, -0.15) is 0 Å². The summed E-state index contributed by atoms with van der Waals surface area (Å²) < 4.78 is 0. The topological polar surface area (TPSA) is 34.1 Å². The second-order valence-corrected chi connectivity index (χ2v) is 12.4. The summed E-state index contributed by atoms with van der Waals surface area (Å²) in [5.74, 6) is 5.07. The first-order valence-electron chi connectivity index (χ1n) is 12.7. The van der Waals surface area contributed by atoms with Crippen molar-refractivity contribution in [3.8, 4) is 0 Å². The number of hydrogen-bond donors (Lipinski definition) is 0. The largest absolute Gasteiger partial charge is 0.300 e. The first-order chi connectivity index (χ1) is 13.7. The van der Waals surface area contributed by atoms with Crippen LogP contribution in [0, 0.1) is 52.3 Å². The molecule has 4 saturated carbocycles. The van der Waals surface area contributed by atoms with Gasteiger partial charge in [0.2, 0.25) is 0 Å². The van der Waals surface area contributed by atoms with Crippen LogP contribution in [0.1, 0.15) is 105 Å². The molecule has 164 valence electrons. The molecule has 0 aromatic rings. The van der Waals surface area contributed by atoms with Gasteiger partial charge in [0.1, 0.15) is 11.6 Å². The van der Waals surface area contributed by atoms with E-state index >= 15 is 0 Å². The molecular formula is C27H44O2. The van der Waals surface area contributed by atoms with E-state index in [1.54, 1.807) is 0 Å². The Morgan fingerprint density at radius 1 is 0.897 bits per heavy atom. The number of carbonyl (C=O) groups is 2. The van der Waals surface area contributed by atoms with Gasteiger partial charge < -0.3 is 0 Å². The van der Waals surface area contributed by atoms with Crippen molar-refractivity contribution in [3.05, 3.63) is 0 Å². The summed E-state index contributed by atoms with van der Waals surface area (Å²) in [6.45, 7) is 12.2. The summed E-state index contributed by atoms with van der Waals surface area (Å²) in [6, 6.07) is 0. The summed E-state index contributed by atoms with van der Waals surface area (Å²) in [7, 11) is 0. The smallest absolute Gasteiger partial charge is 0.136 e. The highest BCUT2D eigenvalue weighted by Crippen LogP contribution is 2.67. The quantitative estimate of drug-likeness (QED) is 0.505. The third kappa shape index (κ3) is 3.55. The molecule has 0 aromatic carbocycles. The molecule has 2 heteroatoms. The molecule has 0 radical (unpaired) electrons. The van der Waals surface area contributed by atoms with Crippen molar-refractivity contribution < 1.29 is 9.59 Å². The Kier molecular flexibility index (Phi) is 5.79. The highest BCUT2D eigenvalue weighted by molar-refractivity contribution is 5.86. The van der Waals surface area contributed by atoms with Crippen molar-refractivity contribution in [2.45, 2.75) is 105 Å². The van der Waals surface area contributed by atoms with Gasteiger partial charge in [-0.25, -0.2) is 0 Å². The minimum atomic E-state index is 0.231. The van der Waals surface area contributed by atoms with Gasteiger partial charge in [-0.05, 0) is 78.4 Å². The van der Waals surface area contributed by atoms with Crippen LogP contribution in [-0.2, 0) is 9.59 Å². The van der Waals surface area contributed by atoms with E-state index < -0.39 is 0 Å². The van der Waals surface area contributed by atoms with Crippen LogP contribution >= 0.6 is 0 Å². The van der Waals surface area contributed by atoms with Gasteiger partial charge in [0.25, 0.3) is 0 Å². The number of hydrogen-bond acceptors (Lipinski definition) is 2. The van der Waals surface area contributed by atoms with E-state index in [4.69, 9.17) is 0 Å². The Morgan fingerprint density at radius 3 is 2.34 bits per heavy atom. The maximum Gasteiger partial charge on any atom is 0.136 e. The van der Waals surface area contributed by atoms with Crippen LogP contribution in [0.25, 0.3) is 0 Å². The lowest BCUT2D eigenvalue weighted by atomic mass is 9.44. The maximum absolute atomic E-state index is 13.4. The SMILES string of the molecule is CC(C)CCC[C@@H](C)[C@H]1CCC2C3C(=O)CC4CC(=O)CC[C@]4(C)C3CC[C@@]21C. The molecule has 0 spiro atoms. The lowest BCUT2D eigenvalue weighted by molar-refractivity contribution is -0.159. The molecular weight excluding hydrogens is 356 g/mol. The predicted molar refractivity (Wildman–Crippen MR) is 118 cm³/mol. The molecule has 0 bridgehead atoms. The Hall–Kier alpha value is -0.660.